The van der Waals surface area contributed by atoms with Gasteiger partial charge >= 0.3 is 11.9 Å². The summed E-state index contributed by atoms with van der Waals surface area (Å²) in [5.41, 5.74) is 0. The Morgan fingerprint density at radius 1 is 1.47 bits per heavy atom. The van der Waals surface area contributed by atoms with Gasteiger partial charge in [-0.2, -0.15) is 0 Å². The lowest BCUT2D eigenvalue weighted by atomic mass is 10.4. The summed E-state index contributed by atoms with van der Waals surface area (Å²) in [7, 11) is -2.63. The Labute approximate surface area is 87.5 Å². The molecule has 0 fully saturated rings. The van der Waals surface area contributed by atoms with Gasteiger partial charge in [0.1, 0.15) is 6.04 Å². The van der Waals surface area contributed by atoms with E-state index >= 15 is 0 Å². The molecule has 0 spiro atoms. The monoisotopic (exact) mass is 239 g/mol. The number of carbonyl (C=O) groups is 2. The number of carbonyl (C=O) groups excluding carboxylic acids is 1. The highest BCUT2D eigenvalue weighted by Crippen LogP contribution is 1.94. The Morgan fingerprint density at radius 3 is 2.40 bits per heavy atom. The van der Waals surface area contributed by atoms with Crippen LogP contribution in [0, 0.1) is 0 Å². The molecule has 8 heteroatoms. The van der Waals surface area contributed by atoms with Crippen LogP contribution < -0.4 is 4.72 Å². The van der Waals surface area contributed by atoms with Crippen LogP contribution >= 0.6 is 0 Å². The molecule has 1 unspecified atom stereocenters. The fourth-order valence-corrected chi connectivity index (χ4v) is 1.97. The molecule has 0 saturated carbocycles. The van der Waals surface area contributed by atoms with E-state index in [0.29, 0.717) is 0 Å². The first-order valence-corrected chi connectivity index (χ1v) is 5.73. The van der Waals surface area contributed by atoms with E-state index in [1.165, 1.54) is 6.92 Å². The van der Waals surface area contributed by atoms with Gasteiger partial charge in [-0.3, -0.25) is 9.59 Å². The fourth-order valence-electron chi connectivity index (χ4n) is 0.775. The van der Waals surface area contributed by atoms with Gasteiger partial charge in [-0.05, 0) is 6.92 Å². The molecule has 0 aliphatic heterocycles. The first kappa shape index (κ1) is 13.8. The molecule has 1 atom stereocenters. The van der Waals surface area contributed by atoms with E-state index < -0.39 is 40.2 Å². The number of rotatable bonds is 6. The van der Waals surface area contributed by atoms with Crippen molar-refractivity contribution in [2.75, 3.05) is 12.9 Å². The van der Waals surface area contributed by atoms with Crippen LogP contribution in [0.4, 0.5) is 0 Å². The Morgan fingerprint density at radius 2 is 2.00 bits per heavy atom. The molecule has 7 nitrogen and oxygen atoms in total. The van der Waals surface area contributed by atoms with E-state index in [9.17, 15) is 18.0 Å². The lowest BCUT2D eigenvalue weighted by Crippen LogP contribution is -2.40. The van der Waals surface area contributed by atoms with Gasteiger partial charge in [0.15, 0.2) is 0 Å². The molecule has 0 aromatic heterocycles. The zero-order chi connectivity index (χ0) is 12.1. The minimum atomic E-state index is -3.76. The van der Waals surface area contributed by atoms with Crippen LogP contribution in [-0.2, 0) is 24.3 Å². The predicted octanol–water partition coefficient (Wildman–Crippen LogP) is -1.06. The van der Waals surface area contributed by atoms with Crippen molar-refractivity contribution in [3.05, 3.63) is 0 Å². The highest BCUT2D eigenvalue weighted by Gasteiger charge is 2.21. The Balaban J connectivity index is 4.26. The van der Waals surface area contributed by atoms with Crippen LogP contribution in [0.25, 0.3) is 0 Å². The number of nitrogens with one attached hydrogen (secondary N) is 1. The van der Waals surface area contributed by atoms with Gasteiger partial charge in [-0.25, -0.2) is 13.1 Å². The van der Waals surface area contributed by atoms with Crippen molar-refractivity contribution in [3.8, 4) is 0 Å². The summed E-state index contributed by atoms with van der Waals surface area (Å²) in [6, 6.07) is -1.02. The molecule has 0 bridgehead atoms. The SMILES string of the molecule is COC(=O)C(C)NS(=O)(=O)CCC(=O)O. The number of aliphatic carboxylic acids is 1. The third-order valence-corrected chi connectivity index (χ3v) is 2.95. The number of carboxylic acids is 1. The molecule has 0 amide bonds. The second kappa shape index (κ2) is 5.66. The molecule has 0 aromatic carbocycles. The van der Waals surface area contributed by atoms with E-state index in [2.05, 4.69) is 4.74 Å². The van der Waals surface area contributed by atoms with Crippen molar-refractivity contribution in [2.24, 2.45) is 0 Å². The average Bonchev–Trinajstić information content (AvgIpc) is 2.13. The van der Waals surface area contributed by atoms with Crippen LogP contribution in [0.3, 0.4) is 0 Å². The van der Waals surface area contributed by atoms with E-state index in [1.54, 1.807) is 0 Å². The van der Waals surface area contributed by atoms with Crippen LogP contribution in [0.1, 0.15) is 13.3 Å². The van der Waals surface area contributed by atoms with Gasteiger partial charge in [-0.15, -0.1) is 0 Å². The van der Waals surface area contributed by atoms with E-state index in [4.69, 9.17) is 5.11 Å². The first-order valence-electron chi connectivity index (χ1n) is 4.08. The third-order valence-electron chi connectivity index (χ3n) is 1.50. The molecule has 0 rings (SSSR count). The first-order chi connectivity index (χ1) is 6.78. The van der Waals surface area contributed by atoms with Gasteiger partial charge < -0.3 is 9.84 Å². The largest absolute Gasteiger partial charge is 0.481 e. The number of methoxy groups -OCH3 is 1. The van der Waals surface area contributed by atoms with Crippen molar-refractivity contribution >= 4 is 22.0 Å². The normalized spacial score (nSPS) is 13.2. The van der Waals surface area contributed by atoms with Gasteiger partial charge in [0.05, 0.1) is 19.3 Å². The van der Waals surface area contributed by atoms with E-state index in [0.717, 1.165) is 7.11 Å². The summed E-state index contributed by atoms with van der Waals surface area (Å²) < 4.78 is 28.7. The quantitative estimate of drug-likeness (QED) is 0.572. The number of ether oxygens (including phenoxy) is 1. The van der Waals surface area contributed by atoms with Crippen LogP contribution in [0.15, 0.2) is 0 Å². The van der Waals surface area contributed by atoms with Crippen molar-refractivity contribution in [1.29, 1.82) is 0 Å². The minimum Gasteiger partial charge on any atom is -0.481 e. The molecule has 0 aliphatic carbocycles. The molecule has 0 radical (unpaired) electrons. The zero-order valence-corrected chi connectivity index (χ0v) is 9.20. The van der Waals surface area contributed by atoms with Crippen LogP contribution in [0.2, 0.25) is 0 Å². The fraction of sp³-hybridized carbons (Fsp3) is 0.714. The summed E-state index contributed by atoms with van der Waals surface area (Å²) >= 11 is 0. The minimum absolute atomic E-state index is 0.511. The molecule has 0 aromatic rings. The van der Waals surface area contributed by atoms with E-state index in [-0.39, 0.29) is 0 Å². The number of hydrogen-bond acceptors (Lipinski definition) is 5. The Bertz CT molecular complexity index is 335. The van der Waals surface area contributed by atoms with Crippen molar-refractivity contribution in [1.82, 2.24) is 4.72 Å². The van der Waals surface area contributed by atoms with E-state index in [1.807, 2.05) is 4.72 Å². The highest BCUT2D eigenvalue weighted by atomic mass is 32.2. The summed E-state index contributed by atoms with van der Waals surface area (Å²) in [4.78, 5) is 21.0. The maximum Gasteiger partial charge on any atom is 0.323 e. The van der Waals surface area contributed by atoms with Gasteiger partial charge in [0, 0.05) is 0 Å². The summed E-state index contributed by atoms with van der Waals surface area (Å²) in [5, 5.41) is 8.28. The topological polar surface area (TPSA) is 110 Å². The van der Waals surface area contributed by atoms with Crippen molar-refractivity contribution in [2.45, 2.75) is 19.4 Å². The molecule has 0 heterocycles. The van der Waals surface area contributed by atoms with Crippen molar-refractivity contribution < 1.29 is 27.9 Å². The number of esters is 1. The maximum absolute atomic E-state index is 11.2. The van der Waals surface area contributed by atoms with Gasteiger partial charge in [0.2, 0.25) is 10.0 Å². The van der Waals surface area contributed by atoms with Gasteiger partial charge in [0.25, 0.3) is 0 Å². The molecular weight excluding hydrogens is 226 g/mol. The zero-order valence-electron chi connectivity index (χ0n) is 8.39. The van der Waals surface area contributed by atoms with Crippen LogP contribution in [0.5, 0.6) is 0 Å². The van der Waals surface area contributed by atoms with Crippen LogP contribution in [-0.4, -0.2) is 44.4 Å². The predicted molar refractivity (Wildman–Crippen MR) is 50.7 cm³/mol. The molecule has 15 heavy (non-hydrogen) atoms. The average molecular weight is 239 g/mol. The molecule has 0 saturated heterocycles. The lowest BCUT2D eigenvalue weighted by Gasteiger charge is -2.11. The number of sulfonamides is 1. The number of hydrogen-bond donors (Lipinski definition) is 2. The summed E-state index contributed by atoms with van der Waals surface area (Å²) in [6.07, 6.45) is -0.511. The summed E-state index contributed by atoms with van der Waals surface area (Å²) in [5.74, 6) is -2.51. The highest BCUT2D eigenvalue weighted by molar-refractivity contribution is 7.89. The maximum atomic E-state index is 11.2. The summed E-state index contributed by atoms with van der Waals surface area (Å²) in [6.45, 7) is 1.31. The standard InChI is InChI=1S/C7H13NO6S/c1-5(7(11)14-2)8-15(12,13)4-3-6(9)10/h5,8H,3-4H2,1-2H3,(H,9,10). The Kier molecular flexibility index (Phi) is 5.23. The number of carboxylic acid groups (broad SMARTS) is 1. The Hall–Kier alpha value is -1.15. The third kappa shape index (κ3) is 6.02. The molecule has 88 valence electrons. The smallest absolute Gasteiger partial charge is 0.323 e. The second-order valence-corrected chi connectivity index (χ2v) is 4.70. The van der Waals surface area contributed by atoms with Gasteiger partial charge in [-0.1, -0.05) is 0 Å². The lowest BCUT2D eigenvalue weighted by molar-refractivity contribution is -0.142. The molecule has 0 aliphatic rings. The molecule has 2 N–H and O–H groups in total. The second-order valence-electron chi connectivity index (χ2n) is 2.83. The molecular formula is C7H13NO6S. The van der Waals surface area contributed by atoms with Crippen molar-refractivity contribution in [3.63, 3.8) is 0 Å².